The Morgan fingerprint density at radius 1 is 1.12 bits per heavy atom. The van der Waals surface area contributed by atoms with Crippen molar-refractivity contribution >= 4 is 17.1 Å². The van der Waals surface area contributed by atoms with E-state index in [1.165, 1.54) is 32.1 Å². The number of aliphatic hydroxyl groups is 1. The molecule has 26 heavy (non-hydrogen) atoms. The lowest BCUT2D eigenvalue weighted by Gasteiger charge is -2.21. The number of methoxy groups -OCH3 is 1. The smallest absolute Gasteiger partial charge is 0.295 e. The summed E-state index contributed by atoms with van der Waals surface area (Å²) in [5.41, 5.74) is 4.46. The predicted molar refractivity (Wildman–Crippen MR) is 102 cm³/mol. The van der Waals surface area contributed by atoms with Gasteiger partial charge in [-0.25, -0.2) is 0 Å². The van der Waals surface area contributed by atoms with Gasteiger partial charge in [0.1, 0.15) is 11.3 Å². The van der Waals surface area contributed by atoms with Crippen LogP contribution in [0.2, 0.25) is 0 Å². The number of oxazole rings is 1. The molecule has 5 heteroatoms. The van der Waals surface area contributed by atoms with Crippen LogP contribution in [0.15, 0.2) is 40.8 Å². The fourth-order valence-electron chi connectivity index (χ4n) is 3.65. The van der Waals surface area contributed by atoms with Crippen LogP contribution in [0, 0.1) is 0 Å². The zero-order valence-electron chi connectivity index (χ0n) is 15.0. The first-order valence-corrected chi connectivity index (χ1v) is 9.22. The molecule has 1 aliphatic rings. The molecule has 3 aromatic rings. The summed E-state index contributed by atoms with van der Waals surface area (Å²) >= 11 is 0. The molecule has 1 aromatic heterocycles. The average molecular weight is 352 g/mol. The average Bonchev–Trinajstić information content (AvgIpc) is 3.09. The lowest BCUT2D eigenvalue weighted by molar-refractivity contribution is 0.274. The Morgan fingerprint density at radius 3 is 2.65 bits per heavy atom. The van der Waals surface area contributed by atoms with Gasteiger partial charge in [-0.05, 0) is 42.2 Å². The van der Waals surface area contributed by atoms with Crippen molar-refractivity contribution in [2.45, 2.75) is 44.8 Å². The van der Waals surface area contributed by atoms with Crippen molar-refractivity contribution < 1.29 is 14.3 Å². The van der Waals surface area contributed by atoms with E-state index < -0.39 is 0 Å². The third-order valence-corrected chi connectivity index (χ3v) is 5.11. The van der Waals surface area contributed by atoms with Crippen LogP contribution in [-0.4, -0.2) is 23.2 Å². The van der Waals surface area contributed by atoms with E-state index in [0.29, 0.717) is 17.8 Å². The molecule has 0 spiro atoms. The monoisotopic (exact) mass is 352 g/mol. The maximum absolute atomic E-state index is 9.38. The van der Waals surface area contributed by atoms with Gasteiger partial charge in [0.25, 0.3) is 6.01 Å². The lowest BCUT2D eigenvalue weighted by Crippen LogP contribution is -2.22. The van der Waals surface area contributed by atoms with Gasteiger partial charge in [0.05, 0.1) is 13.7 Å². The largest absolute Gasteiger partial charge is 0.496 e. The Bertz CT molecular complexity index is 897. The van der Waals surface area contributed by atoms with Gasteiger partial charge in [0, 0.05) is 11.6 Å². The van der Waals surface area contributed by atoms with Crippen LogP contribution in [0.25, 0.3) is 22.2 Å². The molecule has 0 atom stereocenters. The molecule has 1 aliphatic carbocycles. The van der Waals surface area contributed by atoms with E-state index in [4.69, 9.17) is 9.15 Å². The van der Waals surface area contributed by atoms with Crippen molar-refractivity contribution in [2.75, 3.05) is 12.4 Å². The number of anilines is 1. The molecular formula is C21H24N2O3. The Morgan fingerprint density at radius 2 is 1.88 bits per heavy atom. The normalized spacial score (nSPS) is 15.3. The molecule has 5 nitrogen and oxygen atoms in total. The highest BCUT2D eigenvalue weighted by Gasteiger charge is 2.16. The molecule has 2 aromatic carbocycles. The first-order valence-electron chi connectivity index (χ1n) is 9.22. The van der Waals surface area contributed by atoms with Gasteiger partial charge in [0.15, 0.2) is 5.58 Å². The van der Waals surface area contributed by atoms with Crippen LogP contribution in [0.1, 0.15) is 37.7 Å². The first-order chi connectivity index (χ1) is 12.8. The maximum Gasteiger partial charge on any atom is 0.295 e. The standard InChI is InChI=1S/C21H24N2O3/c1-25-20-12-15(7-8-16(20)13-24)14-9-10-19-18(11-14)23-21(26-19)22-17-5-3-2-4-6-17/h7-12,17,24H,2-6,13H2,1H3,(H,22,23). The van der Waals surface area contributed by atoms with Crippen molar-refractivity contribution in [1.82, 2.24) is 4.98 Å². The number of hydrogen-bond acceptors (Lipinski definition) is 5. The highest BCUT2D eigenvalue weighted by molar-refractivity contribution is 5.82. The Labute approximate surface area is 153 Å². The van der Waals surface area contributed by atoms with Crippen molar-refractivity contribution in [1.29, 1.82) is 0 Å². The number of aliphatic hydroxyl groups excluding tert-OH is 1. The summed E-state index contributed by atoms with van der Waals surface area (Å²) in [5.74, 6) is 0.685. The molecule has 0 saturated heterocycles. The molecule has 4 rings (SSSR count). The second-order valence-electron chi connectivity index (χ2n) is 6.87. The molecule has 1 heterocycles. The maximum atomic E-state index is 9.38. The third-order valence-electron chi connectivity index (χ3n) is 5.11. The summed E-state index contributed by atoms with van der Waals surface area (Å²) in [6, 6.07) is 12.9. The molecule has 0 bridgehead atoms. The molecule has 1 fully saturated rings. The van der Waals surface area contributed by atoms with Gasteiger partial charge in [-0.3, -0.25) is 0 Å². The van der Waals surface area contributed by atoms with E-state index in [1.807, 2.05) is 36.4 Å². The predicted octanol–water partition coefficient (Wildman–Crippen LogP) is 4.74. The van der Waals surface area contributed by atoms with Crippen molar-refractivity contribution in [3.63, 3.8) is 0 Å². The first kappa shape index (κ1) is 16.9. The zero-order chi connectivity index (χ0) is 17.9. The van der Waals surface area contributed by atoms with E-state index in [1.54, 1.807) is 7.11 Å². The van der Waals surface area contributed by atoms with Gasteiger partial charge >= 0.3 is 0 Å². The fraction of sp³-hybridized carbons (Fsp3) is 0.381. The molecule has 0 unspecified atom stereocenters. The van der Waals surface area contributed by atoms with E-state index >= 15 is 0 Å². The van der Waals surface area contributed by atoms with Crippen molar-refractivity contribution in [3.05, 3.63) is 42.0 Å². The Kier molecular flexibility index (Phi) is 4.80. The van der Waals surface area contributed by atoms with E-state index in [9.17, 15) is 5.11 Å². The van der Waals surface area contributed by atoms with E-state index in [-0.39, 0.29) is 6.61 Å². The Hall–Kier alpha value is -2.53. The summed E-state index contributed by atoms with van der Waals surface area (Å²) in [5, 5.41) is 12.8. The molecule has 1 saturated carbocycles. The number of ether oxygens (including phenoxy) is 1. The van der Waals surface area contributed by atoms with Gasteiger partial charge in [-0.1, -0.05) is 37.5 Å². The number of rotatable bonds is 5. The van der Waals surface area contributed by atoms with Crippen LogP contribution < -0.4 is 10.1 Å². The number of nitrogens with zero attached hydrogens (tertiary/aromatic N) is 1. The third kappa shape index (κ3) is 3.40. The summed E-state index contributed by atoms with van der Waals surface area (Å²) in [6.45, 7) is -0.0397. The fourth-order valence-corrected chi connectivity index (χ4v) is 3.65. The molecule has 0 amide bonds. The molecular weight excluding hydrogens is 328 g/mol. The van der Waals surface area contributed by atoms with Crippen molar-refractivity contribution in [2.24, 2.45) is 0 Å². The van der Waals surface area contributed by atoms with Crippen molar-refractivity contribution in [3.8, 4) is 16.9 Å². The number of benzene rings is 2. The summed E-state index contributed by atoms with van der Waals surface area (Å²) < 4.78 is 11.2. The minimum absolute atomic E-state index is 0.0397. The number of aromatic nitrogens is 1. The topological polar surface area (TPSA) is 67.5 Å². The van der Waals surface area contributed by atoms with Gasteiger partial charge in [-0.15, -0.1) is 0 Å². The highest BCUT2D eigenvalue weighted by atomic mass is 16.5. The summed E-state index contributed by atoms with van der Waals surface area (Å²) in [7, 11) is 1.61. The van der Waals surface area contributed by atoms with Crippen LogP contribution >= 0.6 is 0 Å². The number of fused-ring (bicyclic) bond motifs is 1. The van der Waals surface area contributed by atoms with Gasteiger partial charge in [0.2, 0.25) is 0 Å². The minimum atomic E-state index is -0.0397. The quantitative estimate of drug-likeness (QED) is 0.694. The van der Waals surface area contributed by atoms with Crippen LogP contribution in [0.4, 0.5) is 6.01 Å². The van der Waals surface area contributed by atoms with Gasteiger partial charge in [-0.2, -0.15) is 4.98 Å². The SMILES string of the molecule is COc1cc(-c2ccc3oc(NC4CCCCC4)nc3c2)ccc1CO. The molecule has 0 radical (unpaired) electrons. The Balaban J connectivity index is 1.61. The highest BCUT2D eigenvalue weighted by Crippen LogP contribution is 2.31. The lowest BCUT2D eigenvalue weighted by atomic mass is 9.96. The second kappa shape index (κ2) is 7.38. The molecule has 0 aliphatic heterocycles. The summed E-state index contributed by atoms with van der Waals surface area (Å²) in [4.78, 5) is 4.62. The van der Waals surface area contributed by atoms with Gasteiger partial charge < -0.3 is 19.6 Å². The van der Waals surface area contributed by atoms with Crippen LogP contribution in [0.5, 0.6) is 5.75 Å². The zero-order valence-corrected chi connectivity index (χ0v) is 15.0. The van der Waals surface area contributed by atoms with Crippen LogP contribution in [0.3, 0.4) is 0 Å². The minimum Gasteiger partial charge on any atom is -0.496 e. The number of hydrogen-bond donors (Lipinski definition) is 2. The second-order valence-corrected chi connectivity index (χ2v) is 6.87. The number of nitrogens with one attached hydrogen (secondary N) is 1. The molecule has 136 valence electrons. The summed E-state index contributed by atoms with van der Waals surface area (Å²) in [6.07, 6.45) is 6.23. The van der Waals surface area contributed by atoms with Crippen LogP contribution in [-0.2, 0) is 6.61 Å². The van der Waals surface area contributed by atoms with E-state index in [2.05, 4.69) is 10.3 Å². The van der Waals surface area contributed by atoms with E-state index in [0.717, 1.165) is 27.8 Å². The molecule has 2 N–H and O–H groups in total.